The van der Waals surface area contributed by atoms with Gasteiger partial charge in [-0.2, -0.15) is 0 Å². The summed E-state index contributed by atoms with van der Waals surface area (Å²) in [5.74, 6) is 0.0256. The zero-order valence-corrected chi connectivity index (χ0v) is 17.5. The van der Waals surface area contributed by atoms with Crippen LogP contribution in [0.25, 0.3) is 0 Å². The predicted molar refractivity (Wildman–Crippen MR) is 126 cm³/mol. The number of amides is 1. The van der Waals surface area contributed by atoms with Gasteiger partial charge in [0.25, 0.3) is 5.91 Å². The molecule has 1 atom stereocenters. The van der Waals surface area contributed by atoms with E-state index in [9.17, 15) is 4.79 Å². The van der Waals surface area contributed by atoms with Gasteiger partial charge in [-0.1, -0.05) is 90.5 Å². The van der Waals surface area contributed by atoms with Gasteiger partial charge >= 0.3 is 0 Å². The largest absolute Gasteiger partial charge is 0.342 e. The first-order valence-corrected chi connectivity index (χ1v) is 10.6. The standard InChI is InChI=1S/C28H24N2O/c1-21-11-10-14-23(19-21)27-29(20-22-12-4-2-5-13-22)26-18-9-8-17-25(26)28(31)30(27)24-15-6-3-7-16-24/h2-19,27H,20H2,1H3/t27-/m0/s1. The summed E-state index contributed by atoms with van der Waals surface area (Å²) < 4.78 is 0. The zero-order valence-electron chi connectivity index (χ0n) is 17.5. The molecule has 31 heavy (non-hydrogen) atoms. The maximum atomic E-state index is 13.8. The summed E-state index contributed by atoms with van der Waals surface area (Å²) in [4.78, 5) is 18.1. The van der Waals surface area contributed by atoms with Crippen LogP contribution in [0.15, 0.2) is 109 Å². The van der Waals surface area contributed by atoms with Gasteiger partial charge in [0.2, 0.25) is 0 Å². The molecule has 0 saturated carbocycles. The Kier molecular flexibility index (Phi) is 5.01. The molecule has 0 N–H and O–H groups in total. The molecule has 5 rings (SSSR count). The molecule has 152 valence electrons. The van der Waals surface area contributed by atoms with Crippen molar-refractivity contribution >= 4 is 17.3 Å². The third kappa shape index (κ3) is 3.59. The number of para-hydroxylation sites is 2. The maximum absolute atomic E-state index is 13.8. The van der Waals surface area contributed by atoms with Crippen molar-refractivity contribution in [2.45, 2.75) is 19.6 Å². The van der Waals surface area contributed by atoms with Crippen LogP contribution in [-0.2, 0) is 6.54 Å². The fourth-order valence-corrected chi connectivity index (χ4v) is 4.38. The normalized spacial score (nSPS) is 15.6. The quantitative estimate of drug-likeness (QED) is 0.395. The SMILES string of the molecule is Cc1cccc([C@H]2N(Cc3ccccc3)c3ccccc3C(=O)N2c2ccccc2)c1. The zero-order chi connectivity index (χ0) is 21.2. The van der Waals surface area contributed by atoms with Gasteiger partial charge in [-0.25, -0.2) is 0 Å². The van der Waals surface area contributed by atoms with Crippen molar-refractivity contribution in [2.75, 3.05) is 9.80 Å². The number of rotatable bonds is 4. The number of carbonyl (C=O) groups is 1. The number of fused-ring (bicyclic) bond motifs is 1. The van der Waals surface area contributed by atoms with Crippen molar-refractivity contribution in [3.8, 4) is 0 Å². The van der Waals surface area contributed by atoms with E-state index in [1.165, 1.54) is 11.1 Å². The molecule has 1 aliphatic rings. The van der Waals surface area contributed by atoms with Crippen LogP contribution in [-0.4, -0.2) is 5.91 Å². The highest BCUT2D eigenvalue weighted by molar-refractivity contribution is 6.12. The fraction of sp³-hybridized carbons (Fsp3) is 0.107. The Hall–Kier alpha value is -3.85. The molecule has 1 heterocycles. The highest BCUT2D eigenvalue weighted by atomic mass is 16.2. The van der Waals surface area contributed by atoms with Crippen LogP contribution in [0, 0.1) is 6.92 Å². The number of anilines is 2. The summed E-state index contributed by atoms with van der Waals surface area (Å²) >= 11 is 0. The highest BCUT2D eigenvalue weighted by Crippen LogP contribution is 2.42. The van der Waals surface area contributed by atoms with Crippen LogP contribution < -0.4 is 9.80 Å². The molecule has 4 aromatic carbocycles. The van der Waals surface area contributed by atoms with E-state index in [-0.39, 0.29) is 12.1 Å². The smallest absolute Gasteiger partial charge is 0.262 e. The first kappa shape index (κ1) is 19.1. The molecule has 0 fully saturated rings. The predicted octanol–water partition coefficient (Wildman–Crippen LogP) is 6.36. The molecule has 0 aliphatic carbocycles. The lowest BCUT2D eigenvalue weighted by Crippen LogP contribution is -2.49. The Labute approximate surface area is 183 Å². The Bertz CT molecular complexity index is 1200. The second-order valence-corrected chi connectivity index (χ2v) is 7.93. The van der Waals surface area contributed by atoms with Gasteiger partial charge in [0.05, 0.1) is 11.3 Å². The van der Waals surface area contributed by atoms with Crippen molar-refractivity contribution in [3.05, 3.63) is 131 Å². The molecule has 0 aromatic heterocycles. The summed E-state index contributed by atoms with van der Waals surface area (Å²) in [6.45, 7) is 2.80. The molecular weight excluding hydrogens is 380 g/mol. The van der Waals surface area contributed by atoms with E-state index < -0.39 is 0 Å². The van der Waals surface area contributed by atoms with Gasteiger partial charge in [0.15, 0.2) is 0 Å². The third-order valence-electron chi connectivity index (χ3n) is 5.77. The number of benzene rings is 4. The van der Waals surface area contributed by atoms with E-state index in [0.29, 0.717) is 6.54 Å². The molecule has 4 aromatic rings. The van der Waals surface area contributed by atoms with E-state index in [1.807, 2.05) is 59.5 Å². The summed E-state index contributed by atoms with van der Waals surface area (Å²) in [5.41, 5.74) is 6.07. The fourth-order valence-electron chi connectivity index (χ4n) is 4.38. The van der Waals surface area contributed by atoms with E-state index >= 15 is 0 Å². The average molecular weight is 405 g/mol. The second-order valence-electron chi connectivity index (χ2n) is 7.93. The van der Waals surface area contributed by atoms with E-state index in [1.54, 1.807) is 0 Å². The summed E-state index contributed by atoms with van der Waals surface area (Å²) in [5, 5.41) is 0. The van der Waals surface area contributed by atoms with Gasteiger partial charge in [-0.3, -0.25) is 9.69 Å². The molecule has 1 amide bonds. The summed E-state index contributed by atoms with van der Waals surface area (Å²) in [6.07, 6.45) is -0.245. The molecule has 3 heteroatoms. The minimum Gasteiger partial charge on any atom is -0.342 e. The number of hydrogen-bond donors (Lipinski definition) is 0. The van der Waals surface area contributed by atoms with E-state index in [4.69, 9.17) is 0 Å². The van der Waals surface area contributed by atoms with Crippen molar-refractivity contribution in [2.24, 2.45) is 0 Å². The second kappa shape index (κ2) is 8.11. The Morgan fingerprint density at radius 2 is 1.42 bits per heavy atom. The topological polar surface area (TPSA) is 23.6 Å². The van der Waals surface area contributed by atoms with Crippen LogP contribution in [0.4, 0.5) is 11.4 Å². The first-order valence-electron chi connectivity index (χ1n) is 10.6. The Morgan fingerprint density at radius 3 is 2.16 bits per heavy atom. The molecule has 0 bridgehead atoms. The lowest BCUT2D eigenvalue weighted by Gasteiger charge is -2.46. The van der Waals surface area contributed by atoms with Crippen molar-refractivity contribution in [1.29, 1.82) is 0 Å². The first-order chi connectivity index (χ1) is 15.2. The van der Waals surface area contributed by atoms with Gasteiger partial charge < -0.3 is 4.90 Å². The molecule has 0 unspecified atom stereocenters. The van der Waals surface area contributed by atoms with Gasteiger partial charge in [0, 0.05) is 12.2 Å². The molecule has 0 spiro atoms. The van der Waals surface area contributed by atoms with E-state index in [0.717, 1.165) is 22.5 Å². The summed E-state index contributed by atoms with van der Waals surface area (Å²) in [6, 6.07) is 36.8. The molecule has 0 radical (unpaired) electrons. The minimum absolute atomic E-state index is 0.0256. The lowest BCUT2D eigenvalue weighted by atomic mass is 9.98. The van der Waals surface area contributed by atoms with Crippen molar-refractivity contribution in [1.82, 2.24) is 0 Å². The molecule has 1 aliphatic heterocycles. The number of hydrogen-bond acceptors (Lipinski definition) is 2. The molecular formula is C28H24N2O. The lowest BCUT2D eigenvalue weighted by molar-refractivity contribution is 0.0968. The van der Waals surface area contributed by atoms with Gasteiger partial charge in [-0.05, 0) is 42.3 Å². The maximum Gasteiger partial charge on any atom is 0.262 e. The van der Waals surface area contributed by atoms with Gasteiger partial charge in [-0.15, -0.1) is 0 Å². The highest BCUT2D eigenvalue weighted by Gasteiger charge is 2.39. The average Bonchev–Trinajstić information content (AvgIpc) is 2.82. The Balaban J connectivity index is 1.73. The third-order valence-corrected chi connectivity index (χ3v) is 5.77. The van der Waals surface area contributed by atoms with Crippen LogP contribution in [0.3, 0.4) is 0 Å². The van der Waals surface area contributed by atoms with Crippen LogP contribution >= 0.6 is 0 Å². The molecule has 3 nitrogen and oxygen atoms in total. The van der Waals surface area contributed by atoms with E-state index in [2.05, 4.69) is 66.4 Å². The number of carbonyl (C=O) groups excluding carboxylic acids is 1. The van der Waals surface area contributed by atoms with Crippen LogP contribution in [0.5, 0.6) is 0 Å². The van der Waals surface area contributed by atoms with Crippen LogP contribution in [0.2, 0.25) is 0 Å². The van der Waals surface area contributed by atoms with Crippen molar-refractivity contribution in [3.63, 3.8) is 0 Å². The number of nitrogens with zero attached hydrogens (tertiary/aromatic N) is 2. The Morgan fingerprint density at radius 1 is 0.742 bits per heavy atom. The van der Waals surface area contributed by atoms with Crippen molar-refractivity contribution < 1.29 is 4.79 Å². The monoisotopic (exact) mass is 404 g/mol. The van der Waals surface area contributed by atoms with Crippen LogP contribution in [0.1, 0.15) is 33.2 Å². The summed E-state index contributed by atoms with van der Waals surface area (Å²) in [7, 11) is 0. The number of aryl methyl sites for hydroxylation is 1. The molecule has 0 saturated heterocycles. The van der Waals surface area contributed by atoms with Gasteiger partial charge in [0.1, 0.15) is 6.17 Å². The minimum atomic E-state index is -0.245.